The minimum Gasteiger partial charge on any atom is -0.483 e. The molecular weight excluding hydrogens is 276 g/mol. The molecule has 0 heterocycles. The summed E-state index contributed by atoms with van der Waals surface area (Å²) in [6, 6.07) is 5.47. The molecule has 1 rings (SSSR count). The van der Waals surface area contributed by atoms with E-state index in [-0.39, 0.29) is 12.5 Å². The number of amides is 1. The van der Waals surface area contributed by atoms with Crippen molar-refractivity contribution in [2.75, 3.05) is 19.7 Å². The first-order valence-corrected chi connectivity index (χ1v) is 7.44. The molecule has 1 aromatic rings. The molecule has 0 radical (unpaired) electrons. The second-order valence-electron chi connectivity index (χ2n) is 4.49. The lowest BCUT2D eigenvalue weighted by Gasteiger charge is -2.13. The zero-order valence-electron chi connectivity index (χ0n) is 12.2. The maximum atomic E-state index is 11.6. The lowest BCUT2D eigenvalue weighted by Crippen LogP contribution is -2.29. The highest BCUT2D eigenvalue weighted by atomic mass is 35.5. The highest BCUT2D eigenvalue weighted by molar-refractivity contribution is 6.31. The summed E-state index contributed by atoms with van der Waals surface area (Å²) in [7, 11) is 0. The Morgan fingerprint density at radius 3 is 2.85 bits per heavy atom. The number of ether oxygens (including phenoxy) is 1. The molecule has 1 amide bonds. The van der Waals surface area contributed by atoms with Gasteiger partial charge in [-0.3, -0.25) is 4.79 Å². The van der Waals surface area contributed by atoms with Crippen LogP contribution in [-0.4, -0.2) is 25.6 Å². The number of nitrogens with one attached hydrogen (secondary N) is 2. The number of hydrogen-bond donors (Lipinski definition) is 2. The van der Waals surface area contributed by atoms with Gasteiger partial charge in [0, 0.05) is 23.7 Å². The average molecular weight is 299 g/mol. The summed E-state index contributed by atoms with van der Waals surface area (Å²) >= 11 is 6.16. The Bertz CT molecular complexity index is 424. The molecule has 0 unspecified atom stereocenters. The van der Waals surface area contributed by atoms with Crippen LogP contribution in [0.3, 0.4) is 0 Å². The average Bonchev–Trinajstić information content (AvgIpc) is 2.44. The van der Waals surface area contributed by atoms with Gasteiger partial charge in [0.25, 0.3) is 5.91 Å². The van der Waals surface area contributed by atoms with E-state index in [1.165, 1.54) is 0 Å². The van der Waals surface area contributed by atoms with Gasteiger partial charge >= 0.3 is 0 Å². The normalized spacial score (nSPS) is 10.3. The van der Waals surface area contributed by atoms with Crippen molar-refractivity contribution in [1.29, 1.82) is 0 Å². The topological polar surface area (TPSA) is 50.4 Å². The van der Waals surface area contributed by atoms with Crippen molar-refractivity contribution in [3.05, 3.63) is 28.8 Å². The lowest BCUT2D eigenvalue weighted by molar-refractivity contribution is -0.123. The van der Waals surface area contributed by atoms with Crippen LogP contribution in [0.25, 0.3) is 0 Å². The molecule has 0 atom stereocenters. The number of rotatable bonds is 9. The fourth-order valence-corrected chi connectivity index (χ4v) is 1.93. The van der Waals surface area contributed by atoms with Gasteiger partial charge in [-0.25, -0.2) is 0 Å². The Morgan fingerprint density at radius 2 is 2.15 bits per heavy atom. The Labute approximate surface area is 125 Å². The molecule has 2 N–H and O–H groups in total. The lowest BCUT2D eigenvalue weighted by atomic mass is 10.2. The largest absolute Gasteiger partial charge is 0.483 e. The van der Waals surface area contributed by atoms with E-state index in [4.69, 9.17) is 16.3 Å². The van der Waals surface area contributed by atoms with Gasteiger partial charge in [0.1, 0.15) is 5.75 Å². The third kappa shape index (κ3) is 5.80. The Hall–Kier alpha value is -1.26. The van der Waals surface area contributed by atoms with Crippen molar-refractivity contribution in [3.8, 4) is 5.75 Å². The molecule has 0 bridgehead atoms. The van der Waals surface area contributed by atoms with E-state index in [2.05, 4.69) is 17.6 Å². The van der Waals surface area contributed by atoms with E-state index in [1.807, 2.05) is 25.1 Å². The first-order chi connectivity index (χ1) is 9.69. The smallest absolute Gasteiger partial charge is 0.257 e. The van der Waals surface area contributed by atoms with Gasteiger partial charge in [-0.2, -0.15) is 0 Å². The SMILES string of the molecule is CCCCNC(=O)COc1cccc(Cl)c1CNCC. The first-order valence-electron chi connectivity index (χ1n) is 7.06. The molecule has 0 saturated heterocycles. The minimum atomic E-state index is -0.104. The third-order valence-corrected chi connectivity index (χ3v) is 3.19. The van der Waals surface area contributed by atoms with Crippen molar-refractivity contribution >= 4 is 17.5 Å². The molecule has 0 aliphatic carbocycles. The van der Waals surface area contributed by atoms with Crippen molar-refractivity contribution in [3.63, 3.8) is 0 Å². The first kappa shape index (κ1) is 16.8. The van der Waals surface area contributed by atoms with Gasteiger partial charge in [0.2, 0.25) is 0 Å². The van der Waals surface area contributed by atoms with E-state index >= 15 is 0 Å². The second kappa shape index (κ2) is 9.61. The molecule has 0 spiro atoms. The Morgan fingerprint density at radius 1 is 1.35 bits per heavy atom. The van der Waals surface area contributed by atoms with Crippen LogP contribution in [0.1, 0.15) is 32.3 Å². The number of benzene rings is 1. The number of unbranched alkanes of at least 4 members (excludes halogenated alkanes) is 1. The molecule has 0 aromatic heterocycles. The number of hydrogen-bond acceptors (Lipinski definition) is 3. The summed E-state index contributed by atoms with van der Waals surface area (Å²) in [5, 5.41) is 6.68. The number of carbonyl (C=O) groups is 1. The van der Waals surface area contributed by atoms with Crippen LogP contribution in [0.2, 0.25) is 5.02 Å². The summed E-state index contributed by atoms with van der Waals surface area (Å²) in [4.78, 5) is 11.6. The van der Waals surface area contributed by atoms with Gasteiger partial charge in [0.15, 0.2) is 6.61 Å². The van der Waals surface area contributed by atoms with E-state index in [1.54, 1.807) is 0 Å². The number of carbonyl (C=O) groups excluding carboxylic acids is 1. The van der Waals surface area contributed by atoms with Gasteiger partial charge < -0.3 is 15.4 Å². The maximum Gasteiger partial charge on any atom is 0.257 e. The van der Waals surface area contributed by atoms with Gasteiger partial charge in [0.05, 0.1) is 0 Å². The van der Waals surface area contributed by atoms with Crippen LogP contribution in [-0.2, 0) is 11.3 Å². The van der Waals surface area contributed by atoms with Crippen molar-refractivity contribution in [1.82, 2.24) is 10.6 Å². The summed E-state index contributed by atoms with van der Waals surface area (Å²) in [5.41, 5.74) is 0.886. The quantitative estimate of drug-likeness (QED) is 0.689. The molecule has 5 heteroatoms. The Balaban J connectivity index is 2.54. The predicted octanol–water partition coefficient (Wildman–Crippen LogP) is 2.74. The standard InChI is InChI=1S/C15H23ClN2O2/c1-3-5-9-18-15(19)11-20-14-8-6-7-13(16)12(14)10-17-4-2/h6-8,17H,3-5,9-11H2,1-2H3,(H,18,19). The molecule has 1 aromatic carbocycles. The maximum absolute atomic E-state index is 11.6. The summed E-state index contributed by atoms with van der Waals surface area (Å²) in [6.07, 6.45) is 2.04. The molecule has 0 aliphatic heterocycles. The van der Waals surface area contributed by atoms with Gasteiger partial charge in [-0.1, -0.05) is 37.9 Å². The molecule has 0 fully saturated rings. The highest BCUT2D eigenvalue weighted by Gasteiger charge is 2.09. The van der Waals surface area contributed by atoms with E-state index in [0.29, 0.717) is 23.9 Å². The molecule has 0 saturated carbocycles. The van der Waals surface area contributed by atoms with Crippen molar-refractivity contribution in [2.24, 2.45) is 0 Å². The van der Waals surface area contributed by atoms with Crippen LogP contribution in [0.5, 0.6) is 5.75 Å². The summed E-state index contributed by atoms with van der Waals surface area (Å²) < 4.78 is 5.57. The van der Waals surface area contributed by atoms with Gasteiger partial charge in [-0.05, 0) is 25.1 Å². The molecule has 20 heavy (non-hydrogen) atoms. The molecular formula is C15H23ClN2O2. The van der Waals surface area contributed by atoms with E-state index in [0.717, 1.165) is 24.9 Å². The molecule has 0 aliphatic rings. The summed E-state index contributed by atoms with van der Waals surface area (Å²) in [5.74, 6) is 0.553. The van der Waals surface area contributed by atoms with E-state index in [9.17, 15) is 4.79 Å². The predicted molar refractivity (Wildman–Crippen MR) is 82.2 cm³/mol. The monoisotopic (exact) mass is 298 g/mol. The van der Waals surface area contributed by atoms with Crippen molar-refractivity contribution < 1.29 is 9.53 Å². The van der Waals surface area contributed by atoms with Gasteiger partial charge in [-0.15, -0.1) is 0 Å². The number of halogens is 1. The molecule has 112 valence electrons. The van der Waals surface area contributed by atoms with Crippen molar-refractivity contribution in [2.45, 2.75) is 33.2 Å². The fourth-order valence-electron chi connectivity index (χ4n) is 1.69. The third-order valence-electron chi connectivity index (χ3n) is 2.84. The molecule has 4 nitrogen and oxygen atoms in total. The fraction of sp³-hybridized carbons (Fsp3) is 0.533. The Kier molecular flexibility index (Phi) is 8.07. The highest BCUT2D eigenvalue weighted by Crippen LogP contribution is 2.26. The second-order valence-corrected chi connectivity index (χ2v) is 4.90. The van der Waals surface area contributed by atoms with Crippen LogP contribution in [0.15, 0.2) is 18.2 Å². The van der Waals surface area contributed by atoms with Crippen LogP contribution < -0.4 is 15.4 Å². The summed E-state index contributed by atoms with van der Waals surface area (Å²) in [6.45, 7) is 6.30. The zero-order valence-corrected chi connectivity index (χ0v) is 12.9. The van der Waals surface area contributed by atoms with Crippen LogP contribution >= 0.6 is 11.6 Å². The zero-order chi connectivity index (χ0) is 14.8. The minimum absolute atomic E-state index is 0.0170. The van der Waals surface area contributed by atoms with E-state index < -0.39 is 0 Å². The van der Waals surface area contributed by atoms with Crippen LogP contribution in [0.4, 0.5) is 0 Å². The van der Waals surface area contributed by atoms with Crippen LogP contribution in [0, 0.1) is 0 Å².